The standard InChI is InChI=1S/C44H58N2O5S/c1-4-6-7-8-9-10-11-12-13-14-15-16-17-18-19-23-30-51-39(48)32-46(5-2)36-28-26-34(38(47)31-36)27-29-37-41(49)40(42(37)50)43-33(3)45-44(52-43)35-24-21-20-22-25-35/h20-22,24-29,31H,4-19,23,30,32H2,1-3H3,(H,49,50)/p+1/b34-27-. The van der Waals surface area contributed by atoms with Crippen LogP contribution in [0.2, 0.25) is 0 Å². The van der Waals surface area contributed by atoms with Crippen molar-refractivity contribution in [3.8, 4) is 10.6 Å². The molecule has 0 fully saturated rings. The lowest BCUT2D eigenvalue weighted by atomic mass is 9.86. The number of benzene rings is 1. The van der Waals surface area contributed by atoms with Crippen LogP contribution >= 0.6 is 11.3 Å². The minimum Gasteiger partial charge on any atom is -0.507 e. The van der Waals surface area contributed by atoms with Gasteiger partial charge in [-0.1, -0.05) is 140 Å². The summed E-state index contributed by atoms with van der Waals surface area (Å²) in [6.45, 7) is 7.16. The number of carbonyl (C=O) groups is 2. The van der Waals surface area contributed by atoms with Crippen LogP contribution < -0.4 is 0 Å². The molecule has 0 unspecified atom stereocenters. The zero-order valence-corrected chi connectivity index (χ0v) is 32.4. The van der Waals surface area contributed by atoms with E-state index >= 15 is 0 Å². The predicted octanol–water partition coefficient (Wildman–Crippen LogP) is 11.1. The normalized spacial score (nSPS) is 16.8. The molecular weight excluding hydrogens is 669 g/mol. The number of ketones is 1. The summed E-state index contributed by atoms with van der Waals surface area (Å²) in [5.41, 5.74) is 3.31. The Hall–Kier alpha value is -4.04. The van der Waals surface area contributed by atoms with E-state index in [0.717, 1.165) is 23.4 Å². The largest absolute Gasteiger partial charge is 0.507 e. The van der Waals surface area contributed by atoms with Crippen molar-refractivity contribution in [1.82, 2.24) is 4.98 Å². The van der Waals surface area contributed by atoms with Crippen LogP contribution in [0.15, 0.2) is 83.4 Å². The molecule has 0 amide bonds. The molecule has 0 bridgehead atoms. The minimum atomic E-state index is -0.281. The molecule has 0 spiro atoms. The number of esters is 1. The quantitative estimate of drug-likeness (QED) is 0.0512. The number of ether oxygens (including phenoxy) is 1. The highest BCUT2D eigenvalue weighted by atomic mass is 32.1. The molecule has 0 saturated heterocycles. The summed E-state index contributed by atoms with van der Waals surface area (Å²) < 4.78 is 7.38. The molecule has 1 heterocycles. The van der Waals surface area contributed by atoms with Crippen molar-refractivity contribution in [2.45, 2.75) is 124 Å². The summed E-state index contributed by atoms with van der Waals surface area (Å²) in [5, 5.41) is 22.4. The third kappa shape index (κ3) is 12.3. The lowest BCUT2D eigenvalue weighted by molar-refractivity contribution is -0.513. The molecule has 2 N–H and O–H groups in total. The van der Waals surface area contributed by atoms with Crippen molar-refractivity contribution >= 4 is 34.4 Å². The summed E-state index contributed by atoms with van der Waals surface area (Å²) in [7, 11) is 0. The minimum absolute atomic E-state index is 0.00982. The van der Waals surface area contributed by atoms with Gasteiger partial charge in [-0.25, -0.2) is 14.4 Å². The predicted molar refractivity (Wildman–Crippen MR) is 214 cm³/mol. The lowest BCUT2D eigenvalue weighted by Crippen LogP contribution is -2.28. The van der Waals surface area contributed by atoms with Crippen molar-refractivity contribution < 1.29 is 29.1 Å². The average molecular weight is 728 g/mol. The number of aryl methyl sites for hydroxylation is 1. The van der Waals surface area contributed by atoms with Crippen LogP contribution in [0.5, 0.6) is 0 Å². The Labute approximate surface area is 315 Å². The first-order chi connectivity index (χ1) is 25.3. The van der Waals surface area contributed by atoms with Crippen molar-refractivity contribution in [1.29, 1.82) is 0 Å². The van der Waals surface area contributed by atoms with Gasteiger partial charge in [-0.15, -0.1) is 11.3 Å². The molecule has 1 aromatic heterocycles. The molecule has 4 rings (SSSR count). The molecule has 8 heteroatoms. The third-order valence-corrected chi connectivity index (χ3v) is 11.0. The fourth-order valence-corrected chi connectivity index (χ4v) is 7.70. The number of nitrogens with zero attached hydrogens (tertiary/aromatic N) is 2. The lowest BCUT2D eigenvalue weighted by Gasteiger charge is -2.20. The number of allylic oxidation sites excluding steroid dienone is 7. The van der Waals surface area contributed by atoms with Crippen LogP contribution in [0, 0.1) is 6.92 Å². The Balaban J connectivity index is 1.15. The van der Waals surface area contributed by atoms with Crippen LogP contribution in [-0.4, -0.2) is 56.9 Å². The summed E-state index contributed by atoms with van der Waals surface area (Å²) >= 11 is 1.38. The highest BCUT2D eigenvalue weighted by Gasteiger charge is 2.36. The molecule has 0 aliphatic heterocycles. The van der Waals surface area contributed by atoms with Gasteiger partial charge in [0.1, 0.15) is 23.1 Å². The highest BCUT2D eigenvalue weighted by Crippen LogP contribution is 2.42. The Morgan fingerprint density at radius 1 is 0.827 bits per heavy atom. The van der Waals surface area contributed by atoms with Crippen LogP contribution in [0.25, 0.3) is 16.1 Å². The van der Waals surface area contributed by atoms with Crippen LogP contribution in [0.4, 0.5) is 0 Å². The van der Waals surface area contributed by atoms with Gasteiger partial charge in [-0.2, -0.15) is 0 Å². The number of aromatic nitrogens is 1. The Kier molecular flexibility index (Phi) is 17.3. The van der Waals surface area contributed by atoms with Gasteiger partial charge in [0.25, 0.3) is 0 Å². The maximum atomic E-state index is 13.1. The Morgan fingerprint density at radius 3 is 1.98 bits per heavy atom. The van der Waals surface area contributed by atoms with E-state index in [4.69, 9.17) is 4.74 Å². The zero-order chi connectivity index (χ0) is 37.1. The van der Waals surface area contributed by atoms with E-state index in [1.54, 1.807) is 18.2 Å². The smallest absolute Gasteiger partial charge is 0.372 e. The number of thiazole rings is 1. The second-order valence-electron chi connectivity index (χ2n) is 13.9. The molecule has 1 aromatic carbocycles. The van der Waals surface area contributed by atoms with Gasteiger partial charge >= 0.3 is 5.97 Å². The number of aliphatic hydroxyl groups is 2. The summed E-state index contributed by atoms with van der Waals surface area (Å²) in [4.78, 5) is 30.9. The van der Waals surface area contributed by atoms with E-state index in [9.17, 15) is 19.8 Å². The van der Waals surface area contributed by atoms with Crippen LogP contribution in [-0.2, 0) is 14.3 Å². The molecule has 7 nitrogen and oxygen atoms in total. The maximum absolute atomic E-state index is 13.1. The van der Waals surface area contributed by atoms with E-state index < -0.39 is 0 Å². The number of hydrogen-bond donors (Lipinski definition) is 2. The molecule has 280 valence electrons. The van der Waals surface area contributed by atoms with E-state index in [1.807, 2.05) is 54.8 Å². The molecule has 2 aromatic rings. The first-order valence-electron chi connectivity index (χ1n) is 19.6. The number of Topliss-reactive ketones (excluding diaryl/α,β-unsaturated/α-hetero) is 1. The SMILES string of the molecule is CCCCCCCCCCCCCCCCCCOC(=O)C/[N+](CC)=C1C=C/C(=C/C=C2/C(=O)C(c3sc(-c4ccccc4)nc3C)=C2O)C(O)=C/1. The molecule has 2 aliphatic carbocycles. The van der Waals surface area contributed by atoms with Gasteiger partial charge in [-0.3, -0.25) is 4.79 Å². The van der Waals surface area contributed by atoms with Gasteiger partial charge in [0.05, 0.1) is 34.4 Å². The first kappa shape index (κ1) is 40.7. The third-order valence-electron chi connectivity index (χ3n) is 9.78. The Bertz CT molecular complexity index is 1670. The summed E-state index contributed by atoms with van der Waals surface area (Å²) in [6.07, 6.45) is 29.2. The van der Waals surface area contributed by atoms with Gasteiger partial charge in [0, 0.05) is 17.2 Å². The molecule has 0 atom stereocenters. The number of rotatable bonds is 23. The highest BCUT2D eigenvalue weighted by molar-refractivity contribution is 7.16. The van der Waals surface area contributed by atoms with Crippen molar-refractivity contribution in [3.05, 3.63) is 93.9 Å². The number of carbonyl (C=O) groups excluding carboxylic acids is 2. The van der Waals surface area contributed by atoms with Crippen LogP contribution in [0.3, 0.4) is 0 Å². The summed E-state index contributed by atoms with van der Waals surface area (Å²) in [6, 6.07) is 9.74. The van der Waals surface area contributed by atoms with Crippen molar-refractivity contribution in [3.63, 3.8) is 0 Å². The fourth-order valence-electron chi connectivity index (χ4n) is 6.59. The van der Waals surface area contributed by atoms with Gasteiger partial charge in [-0.05, 0) is 32.4 Å². The summed E-state index contributed by atoms with van der Waals surface area (Å²) in [5.74, 6) is -0.600. The van der Waals surface area contributed by atoms with E-state index in [0.29, 0.717) is 35.0 Å². The van der Waals surface area contributed by atoms with Gasteiger partial charge in [0.15, 0.2) is 0 Å². The maximum Gasteiger partial charge on any atom is 0.372 e. The monoisotopic (exact) mass is 727 g/mol. The molecule has 2 aliphatic rings. The molecular formula is C44H59N2O5S+. The molecule has 52 heavy (non-hydrogen) atoms. The van der Waals surface area contributed by atoms with Crippen molar-refractivity contribution in [2.24, 2.45) is 0 Å². The number of aliphatic hydroxyl groups excluding tert-OH is 2. The molecule has 0 saturated carbocycles. The topological polar surface area (TPSA) is 99.7 Å². The van der Waals surface area contributed by atoms with Crippen LogP contribution in [0.1, 0.15) is 127 Å². The molecule has 0 radical (unpaired) electrons. The number of unbranched alkanes of at least 4 members (excludes halogenated alkanes) is 15. The first-order valence-corrected chi connectivity index (χ1v) is 20.5. The zero-order valence-electron chi connectivity index (χ0n) is 31.6. The second-order valence-corrected chi connectivity index (χ2v) is 14.9. The van der Waals surface area contributed by atoms with Gasteiger partial charge in [0.2, 0.25) is 18.0 Å². The number of hydrogen-bond acceptors (Lipinski definition) is 7. The van der Waals surface area contributed by atoms with E-state index in [2.05, 4.69) is 11.9 Å². The van der Waals surface area contributed by atoms with E-state index in [-0.39, 0.29) is 41.0 Å². The fraction of sp³-hybridized carbons (Fsp3) is 0.500. The number of likely N-dealkylation sites (N-methyl/N-ethyl adjacent to an activating group) is 1. The van der Waals surface area contributed by atoms with Crippen molar-refractivity contribution in [2.75, 3.05) is 19.7 Å². The van der Waals surface area contributed by atoms with E-state index in [1.165, 1.54) is 107 Å². The average Bonchev–Trinajstić information content (AvgIpc) is 3.53. The van der Waals surface area contributed by atoms with Gasteiger partial charge < -0.3 is 14.9 Å². The second kappa shape index (κ2) is 22.1. The Morgan fingerprint density at radius 2 is 1.42 bits per heavy atom.